The van der Waals surface area contributed by atoms with Crippen molar-refractivity contribution in [2.75, 3.05) is 16.0 Å². The molecule has 0 aromatic heterocycles. The minimum Gasteiger partial charge on any atom is -0.306 e. The van der Waals surface area contributed by atoms with Gasteiger partial charge in [-0.3, -0.25) is 9.69 Å². The molecule has 0 aliphatic carbocycles. The van der Waals surface area contributed by atoms with Crippen LogP contribution in [0.1, 0.15) is 5.56 Å². The van der Waals surface area contributed by atoms with E-state index in [-0.39, 0.29) is 11.7 Å². The summed E-state index contributed by atoms with van der Waals surface area (Å²) < 4.78 is 0. The molecule has 5 nitrogen and oxygen atoms in total. The first-order chi connectivity index (χ1) is 11.1. The second kappa shape index (κ2) is 6.66. The molecule has 3 amide bonds. The molecule has 0 unspecified atom stereocenters. The van der Waals surface area contributed by atoms with Gasteiger partial charge in [0.1, 0.15) is 0 Å². The molecule has 2 aromatic carbocycles. The van der Waals surface area contributed by atoms with Gasteiger partial charge in [0.15, 0.2) is 5.17 Å². The van der Waals surface area contributed by atoms with Crippen molar-refractivity contribution >= 4 is 40.2 Å². The molecule has 1 N–H and O–H groups in total. The lowest BCUT2D eigenvalue weighted by atomic mass is 10.2. The number of nitrogens with one attached hydrogen (secondary N) is 1. The third kappa shape index (κ3) is 3.60. The van der Waals surface area contributed by atoms with Crippen molar-refractivity contribution in [1.29, 1.82) is 0 Å². The summed E-state index contributed by atoms with van der Waals surface area (Å²) in [5.74, 6) is 0.204. The number of thioether (sulfide) groups is 1. The normalized spacial score (nSPS) is 16.0. The van der Waals surface area contributed by atoms with Crippen molar-refractivity contribution in [1.82, 2.24) is 0 Å². The number of amidine groups is 1. The van der Waals surface area contributed by atoms with Gasteiger partial charge in [-0.05, 0) is 31.2 Å². The van der Waals surface area contributed by atoms with Crippen LogP contribution < -0.4 is 10.2 Å². The van der Waals surface area contributed by atoms with E-state index in [4.69, 9.17) is 0 Å². The average Bonchev–Trinajstić information content (AvgIpc) is 2.90. The molecular formula is C17H15N3O2S. The summed E-state index contributed by atoms with van der Waals surface area (Å²) in [5, 5.41) is 3.08. The predicted molar refractivity (Wildman–Crippen MR) is 94.0 cm³/mol. The summed E-state index contributed by atoms with van der Waals surface area (Å²) in [7, 11) is 0. The number of rotatable bonds is 2. The minimum absolute atomic E-state index is 0.0786. The first-order valence-electron chi connectivity index (χ1n) is 7.10. The van der Waals surface area contributed by atoms with Crippen molar-refractivity contribution < 1.29 is 9.59 Å². The topological polar surface area (TPSA) is 61.8 Å². The van der Waals surface area contributed by atoms with Gasteiger partial charge in [-0.1, -0.05) is 47.7 Å². The van der Waals surface area contributed by atoms with E-state index in [0.29, 0.717) is 10.9 Å². The molecule has 1 fully saturated rings. The maximum absolute atomic E-state index is 12.1. The Bertz CT molecular complexity index is 757. The van der Waals surface area contributed by atoms with Gasteiger partial charge in [0.2, 0.25) is 5.91 Å². The van der Waals surface area contributed by atoms with Gasteiger partial charge in [-0.25, -0.2) is 4.79 Å². The van der Waals surface area contributed by atoms with Crippen molar-refractivity contribution in [3.05, 3.63) is 60.2 Å². The third-order valence-corrected chi connectivity index (χ3v) is 4.20. The van der Waals surface area contributed by atoms with E-state index < -0.39 is 6.03 Å². The van der Waals surface area contributed by atoms with Gasteiger partial charge in [0, 0.05) is 5.69 Å². The lowest BCUT2D eigenvalue weighted by Gasteiger charge is -2.16. The molecule has 0 atom stereocenters. The maximum Gasteiger partial charge on any atom is 0.347 e. The fourth-order valence-corrected chi connectivity index (χ4v) is 3.02. The second-order valence-electron chi connectivity index (χ2n) is 5.04. The number of hydrogen-bond acceptors (Lipinski definition) is 3. The number of urea groups is 1. The molecule has 1 heterocycles. The minimum atomic E-state index is -0.495. The van der Waals surface area contributed by atoms with E-state index >= 15 is 0 Å². The van der Waals surface area contributed by atoms with E-state index in [9.17, 15) is 9.59 Å². The number of amides is 3. The number of nitrogens with zero attached hydrogens (tertiary/aromatic N) is 2. The summed E-state index contributed by atoms with van der Waals surface area (Å²) in [6.45, 7) is 1.98. The number of benzene rings is 2. The monoisotopic (exact) mass is 325 g/mol. The van der Waals surface area contributed by atoms with Crippen LogP contribution in [0.3, 0.4) is 0 Å². The molecule has 0 saturated carbocycles. The molecule has 6 heteroatoms. The summed E-state index contributed by atoms with van der Waals surface area (Å²) in [5.41, 5.74) is 2.49. The zero-order chi connectivity index (χ0) is 16.2. The van der Waals surface area contributed by atoms with Gasteiger partial charge >= 0.3 is 6.03 Å². The molecule has 2 aromatic rings. The van der Waals surface area contributed by atoms with Crippen molar-refractivity contribution in [3.8, 4) is 0 Å². The van der Waals surface area contributed by atoms with Crippen molar-refractivity contribution in [3.63, 3.8) is 0 Å². The Morgan fingerprint density at radius 1 is 1.13 bits per heavy atom. The first kappa shape index (κ1) is 15.3. The fraction of sp³-hybridized carbons (Fsp3) is 0.118. The lowest BCUT2D eigenvalue weighted by molar-refractivity contribution is -0.115. The van der Waals surface area contributed by atoms with Crippen LogP contribution in [0.25, 0.3) is 0 Å². The largest absolute Gasteiger partial charge is 0.347 e. The van der Waals surface area contributed by atoms with Crippen LogP contribution in [0.2, 0.25) is 0 Å². The number of carbonyl (C=O) groups is 2. The Kier molecular flexibility index (Phi) is 4.43. The quantitative estimate of drug-likeness (QED) is 0.916. The zero-order valence-corrected chi connectivity index (χ0v) is 13.3. The highest BCUT2D eigenvalue weighted by Crippen LogP contribution is 2.27. The van der Waals surface area contributed by atoms with Gasteiger partial charge in [0.05, 0.1) is 11.4 Å². The Hall–Kier alpha value is -2.60. The smallest absolute Gasteiger partial charge is 0.306 e. The average molecular weight is 325 g/mol. The molecule has 1 aliphatic rings. The summed E-state index contributed by atoms with van der Waals surface area (Å²) in [6.07, 6.45) is 0. The van der Waals surface area contributed by atoms with Gasteiger partial charge in [-0.2, -0.15) is 4.99 Å². The van der Waals surface area contributed by atoms with E-state index in [2.05, 4.69) is 10.3 Å². The summed E-state index contributed by atoms with van der Waals surface area (Å²) in [6, 6.07) is 16.1. The highest BCUT2D eigenvalue weighted by Gasteiger charge is 2.30. The predicted octanol–water partition coefficient (Wildman–Crippen LogP) is 3.66. The maximum atomic E-state index is 12.1. The molecule has 3 rings (SSSR count). The summed E-state index contributed by atoms with van der Waals surface area (Å²) in [4.78, 5) is 29.7. The Labute approximate surface area is 138 Å². The highest BCUT2D eigenvalue weighted by molar-refractivity contribution is 8.15. The van der Waals surface area contributed by atoms with Crippen molar-refractivity contribution in [2.24, 2.45) is 4.99 Å². The fourth-order valence-electron chi connectivity index (χ4n) is 2.15. The number of para-hydroxylation sites is 1. The molecule has 0 bridgehead atoms. The van der Waals surface area contributed by atoms with E-state index in [1.54, 1.807) is 12.1 Å². The van der Waals surface area contributed by atoms with Crippen LogP contribution in [-0.2, 0) is 4.79 Å². The summed E-state index contributed by atoms with van der Waals surface area (Å²) >= 11 is 1.26. The van der Waals surface area contributed by atoms with Crippen LogP contribution in [0.15, 0.2) is 59.6 Å². The van der Waals surface area contributed by atoms with Crippen LogP contribution in [0.4, 0.5) is 16.2 Å². The number of hydrogen-bond donors (Lipinski definition) is 1. The SMILES string of the molecule is Cc1ccc(N2C(=O)CS/C2=N\C(=O)Nc2ccccc2)cc1. The highest BCUT2D eigenvalue weighted by atomic mass is 32.2. The molecule has 0 spiro atoms. The molecule has 23 heavy (non-hydrogen) atoms. The lowest BCUT2D eigenvalue weighted by Crippen LogP contribution is -2.30. The van der Waals surface area contributed by atoms with Gasteiger partial charge < -0.3 is 5.32 Å². The van der Waals surface area contributed by atoms with Crippen LogP contribution in [0.5, 0.6) is 0 Å². The molecular weight excluding hydrogens is 310 g/mol. The zero-order valence-electron chi connectivity index (χ0n) is 12.5. The third-order valence-electron chi connectivity index (χ3n) is 3.28. The molecule has 1 saturated heterocycles. The molecule has 116 valence electrons. The Morgan fingerprint density at radius 3 is 2.52 bits per heavy atom. The number of carbonyl (C=O) groups excluding carboxylic acids is 2. The number of aryl methyl sites for hydroxylation is 1. The van der Waals surface area contributed by atoms with E-state index in [0.717, 1.165) is 11.3 Å². The van der Waals surface area contributed by atoms with Crippen molar-refractivity contribution in [2.45, 2.75) is 6.92 Å². The molecule has 1 aliphatic heterocycles. The van der Waals surface area contributed by atoms with Crippen LogP contribution in [0, 0.1) is 6.92 Å². The Morgan fingerprint density at radius 2 is 1.83 bits per heavy atom. The molecule has 0 radical (unpaired) electrons. The van der Waals surface area contributed by atoms with Gasteiger partial charge in [-0.15, -0.1) is 0 Å². The second-order valence-corrected chi connectivity index (χ2v) is 5.99. The Balaban J connectivity index is 1.81. The first-order valence-corrected chi connectivity index (χ1v) is 8.09. The van der Waals surface area contributed by atoms with Crippen LogP contribution >= 0.6 is 11.8 Å². The van der Waals surface area contributed by atoms with E-state index in [1.807, 2.05) is 49.4 Å². The van der Waals surface area contributed by atoms with Gasteiger partial charge in [0.25, 0.3) is 0 Å². The van der Waals surface area contributed by atoms with E-state index in [1.165, 1.54) is 16.7 Å². The van der Waals surface area contributed by atoms with Crippen LogP contribution in [-0.4, -0.2) is 22.9 Å². The number of anilines is 2. The number of aliphatic imine (C=N–C) groups is 1. The standard InChI is InChI=1S/C17H15N3O2S/c1-12-7-9-14(10-8-12)20-15(21)11-23-17(20)19-16(22)18-13-5-3-2-4-6-13/h2-10H,11H2,1H3,(H,18,22)/b19-17-.